The molecule has 9 heteroatoms. The fourth-order valence-corrected chi connectivity index (χ4v) is 7.32. The highest BCUT2D eigenvalue weighted by molar-refractivity contribution is 7.90. The van der Waals surface area contributed by atoms with Crippen molar-refractivity contribution in [1.29, 1.82) is 5.26 Å². The van der Waals surface area contributed by atoms with Crippen molar-refractivity contribution >= 4 is 43.0 Å². The fraction of sp³-hybridized carbons (Fsp3) is 0.259. The van der Waals surface area contributed by atoms with Gasteiger partial charge in [0.1, 0.15) is 0 Å². The molecular weight excluding hydrogens is 514 g/mol. The third-order valence-corrected chi connectivity index (χ3v) is 9.90. The average molecular weight is 538 g/mol. The molecule has 2 heterocycles. The number of hydrogen-bond acceptors (Lipinski definition) is 6. The highest BCUT2D eigenvalue weighted by Gasteiger charge is 2.38. The van der Waals surface area contributed by atoms with Crippen molar-refractivity contribution in [2.45, 2.75) is 43.1 Å². The number of aliphatic hydroxyl groups is 1. The molecule has 2 unspecified atom stereocenters. The third kappa shape index (κ3) is 4.90. The maximum absolute atomic E-state index is 12.9. The monoisotopic (exact) mass is 537 g/mol. The van der Waals surface area contributed by atoms with E-state index in [1.807, 2.05) is 48.5 Å². The van der Waals surface area contributed by atoms with Gasteiger partial charge in [-0.2, -0.15) is 5.26 Å². The third-order valence-electron chi connectivity index (χ3n) is 6.39. The summed E-state index contributed by atoms with van der Waals surface area (Å²) in [4.78, 5) is 5.35. The van der Waals surface area contributed by atoms with Gasteiger partial charge in [0.2, 0.25) is 10.0 Å². The van der Waals surface area contributed by atoms with Crippen molar-refractivity contribution in [2.24, 2.45) is 0 Å². The van der Waals surface area contributed by atoms with Gasteiger partial charge in [0.15, 0.2) is 0 Å². The lowest BCUT2D eigenvalue weighted by Crippen LogP contribution is -2.31. The van der Waals surface area contributed by atoms with Gasteiger partial charge >= 0.3 is 0 Å². The first-order valence-corrected chi connectivity index (χ1v) is 14.3. The largest absolute Gasteiger partial charge is 0.384 e. The Balaban J connectivity index is 1.61. The van der Waals surface area contributed by atoms with E-state index in [-0.39, 0.29) is 11.7 Å². The van der Waals surface area contributed by atoms with Crippen LogP contribution in [0.4, 0.5) is 0 Å². The smallest absolute Gasteiger partial charge is 0.215 e. The van der Waals surface area contributed by atoms with Gasteiger partial charge in [-0.25, -0.2) is 13.1 Å². The van der Waals surface area contributed by atoms with Crippen LogP contribution in [0.2, 0.25) is 5.02 Å². The Labute approximate surface area is 219 Å². The summed E-state index contributed by atoms with van der Waals surface area (Å²) < 4.78 is 29.7. The molecule has 0 saturated heterocycles. The minimum Gasteiger partial charge on any atom is -0.384 e. The number of halogens is 1. The van der Waals surface area contributed by atoms with Gasteiger partial charge < -0.3 is 5.11 Å². The van der Waals surface area contributed by atoms with Crippen molar-refractivity contribution in [1.82, 2.24) is 9.71 Å². The SMILES string of the molecule is CC(O)(CC#N)c1ccnc(-c2cccc3cc(C(NS(=O)(=O)C4CC4)c4ccccc4Cl)sc23)c1. The molecule has 184 valence electrons. The summed E-state index contributed by atoms with van der Waals surface area (Å²) >= 11 is 8.00. The van der Waals surface area contributed by atoms with Gasteiger partial charge in [-0.3, -0.25) is 4.98 Å². The van der Waals surface area contributed by atoms with Crippen molar-refractivity contribution in [3.8, 4) is 17.3 Å². The van der Waals surface area contributed by atoms with Crippen molar-refractivity contribution in [3.63, 3.8) is 0 Å². The molecule has 2 N–H and O–H groups in total. The summed E-state index contributed by atoms with van der Waals surface area (Å²) in [5.41, 5.74) is 1.54. The van der Waals surface area contributed by atoms with E-state index in [1.165, 1.54) is 11.3 Å². The molecular formula is C27H24ClN3O3S2. The van der Waals surface area contributed by atoms with Crippen LogP contribution in [0.3, 0.4) is 0 Å². The number of pyridine rings is 1. The quantitative estimate of drug-likeness (QED) is 0.291. The van der Waals surface area contributed by atoms with Gasteiger partial charge in [0, 0.05) is 26.4 Å². The van der Waals surface area contributed by atoms with Crippen LogP contribution in [0.25, 0.3) is 21.3 Å². The summed E-state index contributed by atoms with van der Waals surface area (Å²) in [5.74, 6) is 0. The fourth-order valence-electron chi connectivity index (χ4n) is 4.22. The molecule has 0 amide bonds. The molecule has 5 rings (SSSR count). The molecule has 1 aliphatic carbocycles. The molecule has 1 aliphatic rings. The first-order valence-electron chi connectivity index (χ1n) is 11.5. The number of sulfonamides is 1. The summed E-state index contributed by atoms with van der Waals surface area (Å²) in [7, 11) is -3.50. The van der Waals surface area contributed by atoms with Crippen LogP contribution in [0.1, 0.15) is 48.2 Å². The molecule has 0 aliphatic heterocycles. The topological polar surface area (TPSA) is 103 Å². The lowest BCUT2D eigenvalue weighted by atomic mass is 9.92. The van der Waals surface area contributed by atoms with Gasteiger partial charge in [0.05, 0.1) is 35.1 Å². The summed E-state index contributed by atoms with van der Waals surface area (Å²) in [5, 5.41) is 20.9. The number of nitriles is 1. The van der Waals surface area contributed by atoms with Crippen molar-refractivity contribution in [2.75, 3.05) is 0 Å². The number of thiophene rings is 1. The number of nitrogens with zero attached hydrogens (tertiary/aromatic N) is 2. The lowest BCUT2D eigenvalue weighted by Gasteiger charge is -2.20. The predicted octanol–water partition coefficient (Wildman–Crippen LogP) is 5.91. The number of rotatable bonds is 8. The van der Waals surface area contributed by atoms with Crippen LogP contribution >= 0.6 is 22.9 Å². The van der Waals surface area contributed by atoms with Crippen LogP contribution in [0, 0.1) is 11.3 Å². The number of nitrogens with one attached hydrogen (secondary N) is 1. The van der Waals surface area contributed by atoms with E-state index < -0.39 is 21.7 Å². The van der Waals surface area contributed by atoms with Crippen molar-refractivity contribution in [3.05, 3.63) is 87.9 Å². The van der Waals surface area contributed by atoms with E-state index in [9.17, 15) is 13.5 Å². The number of benzene rings is 2. The van der Waals surface area contributed by atoms with Crippen molar-refractivity contribution < 1.29 is 13.5 Å². The van der Waals surface area contributed by atoms with Crippen LogP contribution in [-0.2, 0) is 15.6 Å². The number of fused-ring (bicyclic) bond motifs is 1. The van der Waals surface area contributed by atoms with E-state index >= 15 is 0 Å². The molecule has 2 aromatic heterocycles. The van der Waals surface area contributed by atoms with E-state index in [4.69, 9.17) is 16.9 Å². The molecule has 0 bridgehead atoms. The molecule has 2 atom stereocenters. The zero-order valence-electron chi connectivity index (χ0n) is 19.5. The Hall–Kier alpha value is -2.80. The maximum Gasteiger partial charge on any atom is 0.215 e. The van der Waals surface area contributed by atoms with Gasteiger partial charge in [0.25, 0.3) is 0 Å². The van der Waals surface area contributed by atoms with Gasteiger partial charge in [-0.1, -0.05) is 48.0 Å². The minimum absolute atomic E-state index is 0.0372. The normalized spacial score (nSPS) is 16.4. The first-order chi connectivity index (χ1) is 17.2. The molecule has 36 heavy (non-hydrogen) atoms. The second-order valence-electron chi connectivity index (χ2n) is 9.23. The van der Waals surface area contributed by atoms with Crippen LogP contribution < -0.4 is 4.72 Å². The van der Waals surface area contributed by atoms with Crippen LogP contribution in [0.5, 0.6) is 0 Å². The summed E-state index contributed by atoms with van der Waals surface area (Å²) in [6.07, 6.45) is 2.92. The lowest BCUT2D eigenvalue weighted by molar-refractivity contribution is 0.0624. The van der Waals surface area contributed by atoms with Gasteiger partial charge in [-0.15, -0.1) is 11.3 Å². The second-order valence-corrected chi connectivity index (χ2v) is 12.7. The van der Waals surface area contributed by atoms with E-state index in [1.54, 1.807) is 31.3 Å². The minimum atomic E-state index is -3.50. The molecule has 2 aromatic carbocycles. The molecule has 0 radical (unpaired) electrons. The molecule has 4 aromatic rings. The average Bonchev–Trinajstić information content (AvgIpc) is 3.63. The standard InChI is InChI=1S/C27H24ClN3O3S2/c1-27(32,12-13-29)18-11-14-30-23(16-18)21-7-4-5-17-15-24(35-26(17)21)25(20-6-2-3-8-22(20)28)31-36(33,34)19-9-10-19/h2-8,11,14-16,19,25,31-32H,9-10,12H2,1H3. The predicted molar refractivity (Wildman–Crippen MR) is 143 cm³/mol. The zero-order valence-corrected chi connectivity index (χ0v) is 21.9. The number of hydrogen-bond donors (Lipinski definition) is 2. The highest BCUT2D eigenvalue weighted by Crippen LogP contribution is 2.41. The molecule has 6 nitrogen and oxygen atoms in total. The van der Waals surface area contributed by atoms with E-state index in [2.05, 4.69) is 9.71 Å². The van der Waals surface area contributed by atoms with E-state index in [0.717, 1.165) is 20.5 Å². The second kappa shape index (κ2) is 9.58. The molecule has 0 spiro atoms. The Morgan fingerprint density at radius 2 is 2.00 bits per heavy atom. The highest BCUT2D eigenvalue weighted by atomic mass is 35.5. The maximum atomic E-state index is 12.9. The first kappa shape index (κ1) is 24.9. The Bertz CT molecular complexity index is 1590. The Morgan fingerprint density at radius 3 is 2.72 bits per heavy atom. The van der Waals surface area contributed by atoms with E-state index in [0.29, 0.717) is 34.7 Å². The Kier molecular flexibility index (Phi) is 6.62. The van der Waals surface area contributed by atoms with Crippen LogP contribution in [0.15, 0.2) is 66.9 Å². The summed E-state index contributed by atoms with van der Waals surface area (Å²) in [6.45, 7) is 1.61. The summed E-state index contributed by atoms with van der Waals surface area (Å²) in [6, 6.07) is 20.0. The zero-order chi connectivity index (χ0) is 25.5. The number of aromatic nitrogens is 1. The Morgan fingerprint density at radius 1 is 1.22 bits per heavy atom. The molecule has 1 saturated carbocycles. The molecule has 1 fully saturated rings. The van der Waals surface area contributed by atoms with Gasteiger partial charge in [-0.05, 0) is 60.5 Å². The van der Waals surface area contributed by atoms with Crippen LogP contribution in [-0.4, -0.2) is 23.8 Å².